The second-order valence-electron chi connectivity index (χ2n) is 2.68. The Hall–Kier alpha value is -0.460. The summed E-state index contributed by atoms with van der Waals surface area (Å²) in [5, 5.41) is 0. The zero-order valence-electron chi connectivity index (χ0n) is 6.18. The van der Waals surface area contributed by atoms with Crippen LogP contribution in [0.15, 0.2) is 11.8 Å². The van der Waals surface area contributed by atoms with Crippen molar-refractivity contribution in [1.82, 2.24) is 0 Å². The van der Waals surface area contributed by atoms with Crippen molar-refractivity contribution in [2.24, 2.45) is 0 Å². The third kappa shape index (κ3) is 1.74. The van der Waals surface area contributed by atoms with Crippen LogP contribution in [0.1, 0.15) is 33.1 Å². The molecule has 0 unspecified atom stereocenters. The molecule has 1 aliphatic heterocycles. The summed E-state index contributed by atoms with van der Waals surface area (Å²) in [4.78, 5) is 0. The van der Waals surface area contributed by atoms with Crippen molar-refractivity contribution < 1.29 is 4.74 Å². The zero-order chi connectivity index (χ0) is 6.69. The van der Waals surface area contributed by atoms with E-state index in [0.29, 0.717) is 6.10 Å². The largest absolute Gasteiger partial charge is 0.498 e. The summed E-state index contributed by atoms with van der Waals surface area (Å²) in [7, 11) is 0. The van der Waals surface area contributed by atoms with E-state index in [0.717, 1.165) is 6.42 Å². The summed E-state index contributed by atoms with van der Waals surface area (Å²) in [6.45, 7) is 4.31. The Labute approximate surface area is 56.7 Å². The predicted molar refractivity (Wildman–Crippen MR) is 38.2 cm³/mol. The van der Waals surface area contributed by atoms with Gasteiger partial charge in [0.2, 0.25) is 0 Å². The maximum Gasteiger partial charge on any atom is 0.0988 e. The van der Waals surface area contributed by atoms with Gasteiger partial charge in [0.15, 0.2) is 0 Å². The van der Waals surface area contributed by atoms with E-state index in [2.05, 4.69) is 13.8 Å². The maximum atomic E-state index is 5.26. The van der Waals surface area contributed by atoms with Gasteiger partial charge in [-0.05, 0) is 18.9 Å². The van der Waals surface area contributed by atoms with Crippen LogP contribution < -0.4 is 0 Å². The molecule has 0 amide bonds. The molecule has 0 aromatic heterocycles. The van der Waals surface area contributed by atoms with Crippen molar-refractivity contribution >= 4 is 0 Å². The van der Waals surface area contributed by atoms with Gasteiger partial charge in [-0.3, -0.25) is 0 Å². The van der Waals surface area contributed by atoms with Gasteiger partial charge in [-0.15, -0.1) is 0 Å². The number of hydrogen-bond acceptors (Lipinski definition) is 1. The van der Waals surface area contributed by atoms with Crippen LogP contribution in [-0.2, 0) is 4.74 Å². The van der Waals surface area contributed by atoms with Gasteiger partial charge < -0.3 is 4.74 Å². The highest BCUT2D eigenvalue weighted by molar-refractivity contribution is 5.03. The quantitative estimate of drug-likeness (QED) is 0.552. The van der Waals surface area contributed by atoms with Crippen LogP contribution in [-0.4, -0.2) is 6.10 Å². The first kappa shape index (κ1) is 6.66. The van der Waals surface area contributed by atoms with E-state index >= 15 is 0 Å². The fourth-order valence-electron chi connectivity index (χ4n) is 1.16. The van der Waals surface area contributed by atoms with E-state index in [1.807, 2.05) is 6.26 Å². The molecule has 52 valence electrons. The summed E-state index contributed by atoms with van der Waals surface area (Å²) in [5.74, 6) is 0. The lowest BCUT2D eigenvalue weighted by Crippen LogP contribution is -1.95. The van der Waals surface area contributed by atoms with E-state index in [1.54, 1.807) is 0 Å². The Kier molecular flexibility index (Phi) is 2.15. The first-order chi connectivity index (χ1) is 4.33. The highest BCUT2D eigenvalue weighted by Crippen LogP contribution is 2.20. The molecule has 0 aromatic carbocycles. The summed E-state index contributed by atoms with van der Waals surface area (Å²) in [5.41, 5.74) is 1.48. The van der Waals surface area contributed by atoms with Crippen LogP contribution in [0, 0.1) is 0 Å². The van der Waals surface area contributed by atoms with Crippen LogP contribution in [0.4, 0.5) is 0 Å². The highest BCUT2D eigenvalue weighted by atomic mass is 16.5. The first-order valence-corrected chi connectivity index (χ1v) is 3.66. The molecule has 0 radical (unpaired) electrons. The van der Waals surface area contributed by atoms with E-state index in [9.17, 15) is 0 Å². The molecule has 0 aromatic rings. The summed E-state index contributed by atoms with van der Waals surface area (Å²) in [6.07, 6.45) is 5.96. The molecule has 0 saturated heterocycles. The number of ether oxygens (including phenoxy) is 1. The van der Waals surface area contributed by atoms with Gasteiger partial charge in [-0.25, -0.2) is 0 Å². The number of hydrogen-bond donors (Lipinski definition) is 0. The van der Waals surface area contributed by atoms with Crippen LogP contribution >= 0.6 is 0 Å². The lowest BCUT2D eigenvalue weighted by molar-refractivity contribution is 0.189. The third-order valence-electron chi connectivity index (χ3n) is 1.59. The van der Waals surface area contributed by atoms with Gasteiger partial charge in [-0.2, -0.15) is 0 Å². The molecule has 0 fully saturated rings. The predicted octanol–water partition coefficient (Wildman–Crippen LogP) is 2.48. The van der Waals surface area contributed by atoms with Crippen molar-refractivity contribution in [3.8, 4) is 0 Å². The molecular weight excluding hydrogens is 112 g/mol. The van der Waals surface area contributed by atoms with Gasteiger partial charge in [0.25, 0.3) is 0 Å². The molecule has 1 atom stereocenters. The van der Waals surface area contributed by atoms with E-state index in [-0.39, 0.29) is 0 Å². The van der Waals surface area contributed by atoms with Crippen LogP contribution in [0.5, 0.6) is 0 Å². The molecular formula is C8H14O. The van der Waals surface area contributed by atoms with E-state index in [1.165, 1.54) is 18.4 Å². The van der Waals surface area contributed by atoms with Gasteiger partial charge in [0, 0.05) is 6.42 Å². The molecule has 0 saturated carbocycles. The molecule has 0 N–H and O–H groups in total. The van der Waals surface area contributed by atoms with Crippen molar-refractivity contribution in [3.05, 3.63) is 11.8 Å². The Morgan fingerprint density at radius 1 is 1.78 bits per heavy atom. The normalized spacial score (nSPS) is 25.6. The smallest absolute Gasteiger partial charge is 0.0988 e. The van der Waals surface area contributed by atoms with Gasteiger partial charge in [-0.1, -0.05) is 13.3 Å². The first-order valence-electron chi connectivity index (χ1n) is 3.66. The lowest BCUT2D eigenvalue weighted by atomic mass is 10.1. The second-order valence-corrected chi connectivity index (χ2v) is 2.68. The minimum atomic E-state index is 0.437. The van der Waals surface area contributed by atoms with Crippen LogP contribution in [0.25, 0.3) is 0 Å². The van der Waals surface area contributed by atoms with Crippen molar-refractivity contribution in [2.45, 2.75) is 39.2 Å². The van der Waals surface area contributed by atoms with Crippen molar-refractivity contribution in [3.63, 3.8) is 0 Å². The molecule has 0 aliphatic carbocycles. The minimum absolute atomic E-state index is 0.437. The zero-order valence-corrected chi connectivity index (χ0v) is 6.18. The Morgan fingerprint density at radius 2 is 2.56 bits per heavy atom. The molecule has 1 rings (SSSR count). The summed E-state index contributed by atoms with van der Waals surface area (Å²) >= 11 is 0. The van der Waals surface area contributed by atoms with Crippen molar-refractivity contribution in [1.29, 1.82) is 0 Å². The summed E-state index contributed by atoms with van der Waals surface area (Å²) < 4.78 is 5.26. The molecule has 1 aliphatic rings. The Morgan fingerprint density at radius 3 is 3.00 bits per heavy atom. The second kappa shape index (κ2) is 2.90. The highest BCUT2D eigenvalue weighted by Gasteiger charge is 2.11. The van der Waals surface area contributed by atoms with E-state index in [4.69, 9.17) is 4.74 Å². The third-order valence-corrected chi connectivity index (χ3v) is 1.59. The molecule has 9 heavy (non-hydrogen) atoms. The van der Waals surface area contributed by atoms with Crippen LogP contribution in [0.2, 0.25) is 0 Å². The molecule has 0 spiro atoms. The average Bonchev–Trinajstić information content (AvgIpc) is 2.17. The maximum absolute atomic E-state index is 5.26. The molecule has 1 heteroatoms. The molecule has 1 heterocycles. The standard InChI is InChI=1S/C8H14O/c1-3-4-8-5-7(2)9-6-8/h6-7H,3-5H2,1-2H3/t7-/m1/s1. The average molecular weight is 126 g/mol. The molecule has 0 bridgehead atoms. The SMILES string of the molecule is CCCC1=CO[C@H](C)C1. The van der Waals surface area contributed by atoms with Gasteiger partial charge in [0.1, 0.15) is 0 Å². The van der Waals surface area contributed by atoms with E-state index < -0.39 is 0 Å². The Balaban J connectivity index is 2.27. The number of rotatable bonds is 2. The topological polar surface area (TPSA) is 9.23 Å². The monoisotopic (exact) mass is 126 g/mol. The molecule has 1 nitrogen and oxygen atoms in total. The van der Waals surface area contributed by atoms with Crippen LogP contribution in [0.3, 0.4) is 0 Å². The van der Waals surface area contributed by atoms with Gasteiger partial charge in [0.05, 0.1) is 12.4 Å². The van der Waals surface area contributed by atoms with Gasteiger partial charge >= 0.3 is 0 Å². The minimum Gasteiger partial charge on any atom is -0.498 e. The fraction of sp³-hybridized carbons (Fsp3) is 0.750. The lowest BCUT2D eigenvalue weighted by Gasteiger charge is -1.99. The fourth-order valence-corrected chi connectivity index (χ4v) is 1.16. The Bertz CT molecular complexity index is 116. The summed E-state index contributed by atoms with van der Waals surface area (Å²) in [6, 6.07) is 0. The van der Waals surface area contributed by atoms with Crippen molar-refractivity contribution in [2.75, 3.05) is 0 Å².